The Morgan fingerprint density at radius 1 is 1.27 bits per heavy atom. The van der Waals surface area contributed by atoms with Gasteiger partial charge in [0.05, 0.1) is 19.3 Å². The second kappa shape index (κ2) is 7.17. The molecule has 0 amide bonds. The third kappa shape index (κ3) is 4.47. The number of unbranched alkanes of at least 4 members (excludes halogenated alkanes) is 2. The predicted molar refractivity (Wildman–Crippen MR) is 58.8 cm³/mol. The van der Waals surface area contributed by atoms with Crippen LogP contribution in [-0.4, -0.2) is 60.2 Å². The zero-order valence-electron chi connectivity index (χ0n) is 9.56. The molecule has 4 nitrogen and oxygen atoms in total. The summed E-state index contributed by atoms with van der Waals surface area (Å²) in [4.78, 5) is 2.36. The van der Waals surface area contributed by atoms with Crippen LogP contribution in [0.2, 0.25) is 0 Å². The van der Waals surface area contributed by atoms with Crippen molar-refractivity contribution in [1.82, 2.24) is 4.90 Å². The zero-order valence-corrected chi connectivity index (χ0v) is 9.56. The second-order valence-electron chi connectivity index (χ2n) is 4.27. The van der Waals surface area contributed by atoms with E-state index in [1.807, 2.05) is 0 Å². The van der Waals surface area contributed by atoms with Crippen molar-refractivity contribution in [1.29, 1.82) is 0 Å². The van der Waals surface area contributed by atoms with E-state index in [1.54, 1.807) is 0 Å². The van der Waals surface area contributed by atoms with Gasteiger partial charge in [-0.05, 0) is 32.7 Å². The van der Waals surface area contributed by atoms with Crippen molar-refractivity contribution in [2.75, 3.05) is 32.9 Å². The number of aliphatic hydroxyl groups excluding tert-OH is 2. The molecule has 2 atom stereocenters. The first-order valence-electron chi connectivity index (χ1n) is 5.85. The van der Waals surface area contributed by atoms with E-state index >= 15 is 0 Å². The van der Waals surface area contributed by atoms with Crippen LogP contribution in [-0.2, 0) is 4.74 Å². The van der Waals surface area contributed by atoms with Gasteiger partial charge in [-0.25, -0.2) is 0 Å². The fraction of sp³-hybridized carbons (Fsp3) is 1.00. The Hall–Kier alpha value is -0.160. The summed E-state index contributed by atoms with van der Waals surface area (Å²) in [6, 6.07) is 0.446. The summed E-state index contributed by atoms with van der Waals surface area (Å²) in [6.45, 7) is 5.14. The number of ether oxygens (including phenoxy) is 1. The lowest BCUT2D eigenvalue weighted by molar-refractivity contribution is -0.0780. The van der Waals surface area contributed by atoms with E-state index < -0.39 is 0 Å². The van der Waals surface area contributed by atoms with E-state index in [0.717, 1.165) is 32.4 Å². The van der Waals surface area contributed by atoms with Gasteiger partial charge in [0, 0.05) is 19.2 Å². The molecule has 2 unspecified atom stereocenters. The number of rotatable bonds is 6. The molecule has 0 bridgehead atoms. The third-order valence-electron chi connectivity index (χ3n) is 2.94. The molecule has 90 valence electrons. The lowest BCUT2D eigenvalue weighted by atomic mass is 10.1. The fourth-order valence-corrected chi connectivity index (χ4v) is 1.90. The molecule has 1 rings (SSSR count). The highest BCUT2D eigenvalue weighted by molar-refractivity contribution is 4.76. The van der Waals surface area contributed by atoms with Crippen molar-refractivity contribution in [3.63, 3.8) is 0 Å². The standard InChI is InChI=1S/C11H23NO3/c1-10-9-15-11(8-14)7-12(10)5-3-2-4-6-13/h10-11,13-14H,2-9H2,1H3. The average Bonchev–Trinajstić information content (AvgIpc) is 2.26. The highest BCUT2D eigenvalue weighted by Crippen LogP contribution is 2.12. The van der Waals surface area contributed by atoms with Gasteiger partial charge in [0.1, 0.15) is 0 Å². The molecule has 4 heteroatoms. The summed E-state index contributed by atoms with van der Waals surface area (Å²) < 4.78 is 5.47. The topological polar surface area (TPSA) is 52.9 Å². The van der Waals surface area contributed by atoms with Crippen LogP contribution in [0.4, 0.5) is 0 Å². The van der Waals surface area contributed by atoms with Crippen LogP contribution in [0.25, 0.3) is 0 Å². The smallest absolute Gasteiger partial charge is 0.0933 e. The Morgan fingerprint density at radius 2 is 2.07 bits per heavy atom. The highest BCUT2D eigenvalue weighted by Gasteiger charge is 2.24. The van der Waals surface area contributed by atoms with E-state index in [9.17, 15) is 0 Å². The molecular formula is C11H23NO3. The van der Waals surface area contributed by atoms with E-state index in [1.165, 1.54) is 0 Å². The molecule has 0 spiro atoms. The minimum atomic E-state index is -0.0148. The molecule has 2 N–H and O–H groups in total. The molecule has 0 aromatic carbocycles. The fourth-order valence-electron chi connectivity index (χ4n) is 1.90. The summed E-state index contributed by atoms with van der Waals surface area (Å²) in [7, 11) is 0. The minimum absolute atomic E-state index is 0.0148. The first-order valence-corrected chi connectivity index (χ1v) is 5.85. The van der Waals surface area contributed by atoms with Crippen LogP contribution >= 0.6 is 0 Å². The molecule has 0 aliphatic carbocycles. The monoisotopic (exact) mass is 217 g/mol. The van der Waals surface area contributed by atoms with Crippen molar-refractivity contribution in [3.05, 3.63) is 0 Å². The van der Waals surface area contributed by atoms with Crippen LogP contribution in [0.15, 0.2) is 0 Å². The van der Waals surface area contributed by atoms with E-state index in [2.05, 4.69) is 11.8 Å². The van der Waals surface area contributed by atoms with Crippen molar-refractivity contribution in [2.24, 2.45) is 0 Å². The number of hydrogen-bond donors (Lipinski definition) is 2. The van der Waals surface area contributed by atoms with E-state index in [0.29, 0.717) is 12.6 Å². The molecular weight excluding hydrogens is 194 g/mol. The Labute approximate surface area is 91.8 Å². The molecule has 1 aliphatic heterocycles. The van der Waals surface area contributed by atoms with E-state index in [4.69, 9.17) is 14.9 Å². The number of morpholine rings is 1. The highest BCUT2D eigenvalue weighted by atomic mass is 16.5. The summed E-state index contributed by atoms with van der Waals surface area (Å²) in [5.74, 6) is 0. The minimum Gasteiger partial charge on any atom is -0.396 e. The number of aliphatic hydroxyl groups is 2. The van der Waals surface area contributed by atoms with Crippen molar-refractivity contribution >= 4 is 0 Å². The molecule has 0 radical (unpaired) electrons. The molecule has 0 aromatic heterocycles. The van der Waals surface area contributed by atoms with Crippen LogP contribution in [0.5, 0.6) is 0 Å². The van der Waals surface area contributed by atoms with Crippen LogP contribution < -0.4 is 0 Å². The third-order valence-corrected chi connectivity index (χ3v) is 2.94. The Kier molecular flexibility index (Phi) is 6.17. The average molecular weight is 217 g/mol. The molecule has 1 heterocycles. The molecule has 15 heavy (non-hydrogen) atoms. The molecule has 1 aliphatic rings. The second-order valence-corrected chi connectivity index (χ2v) is 4.27. The number of nitrogens with zero attached hydrogens (tertiary/aromatic N) is 1. The number of hydrogen-bond acceptors (Lipinski definition) is 4. The van der Waals surface area contributed by atoms with Gasteiger partial charge in [0.25, 0.3) is 0 Å². The van der Waals surface area contributed by atoms with Gasteiger partial charge in [-0.2, -0.15) is 0 Å². The SMILES string of the molecule is CC1COC(CO)CN1CCCCCO. The summed E-state index contributed by atoms with van der Waals surface area (Å²) in [6.07, 6.45) is 3.06. The Balaban J connectivity index is 2.19. The Morgan fingerprint density at radius 3 is 2.73 bits per heavy atom. The molecule has 1 fully saturated rings. The summed E-state index contributed by atoms with van der Waals surface area (Å²) in [5, 5.41) is 17.7. The van der Waals surface area contributed by atoms with Gasteiger partial charge in [0.2, 0.25) is 0 Å². The van der Waals surface area contributed by atoms with Crippen molar-refractivity contribution in [2.45, 2.75) is 38.3 Å². The van der Waals surface area contributed by atoms with Gasteiger partial charge in [0.15, 0.2) is 0 Å². The lowest BCUT2D eigenvalue weighted by Crippen LogP contribution is -2.49. The first-order chi connectivity index (χ1) is 7.27. The molecule has 0 saturated carbocycles. The van der Waals surface area contributed by atoms with Gasteiger partial charge < -0.3 is 14.9 Å². The van der Waals surface area contributed by atoms with Crippen LogP contribution in [0.3, 0.4) is 0 Å². The maximum absolute atomic E-state index is 9.02. The van der Waals surface area contributed by atoms with E-state index in [-0.39, 0.29) is 19.3 Å². The van der Waals surface area contributed by atoms with Crippen LogP contribution in [0, 0.1) is 0 Å². The maximum Gasteiger partial charge on any atom is 0.0933 e. The quantitative estimate of drug-likeness (QED) is 0.625. The largest absolute Gasteiger partial charge is 0.396 e. The van der Waals surface area contributed by atoms with Crippen molar-refractivity contribution < 1.29 is 14.9 Å². The normalized spacial score (nSPS) is 28.2. The van der Waals surface area contributed by atoms with Gasteiger partial charge in [-0.15, -0.1) is 0 Å². The van der Waals surface area contributed by atoms with Gasteiger partial charge in [-0.3, -0.25) is 4.90 Å². The summed E-state index contributed by atoms with van der Waals surface area (Å²) in [5.41, 5.74) is 0. The molecule has 1 saturated heterocycles. The predicted octanol–water partition coefficient (Wildman–Crippen LogP) is 0.231. The lowest BCUT2D eigenvalue weighted by Gasteiger charge is -2.37. The van der Waals surface area contributed by atoms with Gasteiger partial charge >= 0.3 is 0 Å². The van der Waals surface area contributed by atoms with Crippen molar-refractivity contribution in [3.8, 4) is 0 Å². The zero-order chi connectivity index (χ0) is 11.1. The summed E-state index contributed by atoms with van der Waals surface area (Å²) >= 11 is 0. The van der Waals surface area contributed by atoms with Crippen LogP contribution in [0.1, 0.15) is 26.2 Å². The first kappa shape index (κ1) is 12.9. The van der Waals surface area contributed by atoms with Gasteiger partial charge in [-0.1, -0.05) is 0 Å². The Bertz CT molecular complexity index is 166. The maximum atomic E-state index is 9.02. The molecule has 0 aromatic rings.